The average molecular weight is 450 g/mol. The first-order valence-electron chi connectivity index (χ1n) is 9.07. The van der Waals surface area contributed by atoms with E-state index >= 15 is 0 Å². The zero-order chi connectivity index (χ0) is 21.4. The number of carbonyl (C=O) groups is 2. The lowest BCUT2D eigenvalue weighted by atomic mass is 10.2. The molecule has 1 amide bonds. The van der Waals surface area contributed by atoms with Crippen LogP contribution in [-0.2, 0) is 16.1 Å². The standard InChI is InChI=1S/C20H16F2N2O4S2/c1-2-28-10-3-5-12-14(7-10)29-15(8-17(25)26)20(27)24(12)9-16-23-19-13(30-16)6-4-11(21)18(19)22/h3-7,15H,2,8-9H2,1H3,(H,25,26). The van der Waals surface area contributed by atoms with Crippen LogP contribution in [0.4, 0.5) is 14.5 Å². The smallest absolute Gasteiger partial charge is 0.305 e. The zero-order valence-electron chi connectivity index (χ0n) is 15.7. The van der Waals surface area contributed by atoms with Crippen molar-refractivity contribution in [1.82, 2.24) is 4.98 Å². The van der Waals surface area contributed by atoms with Crippen LogP contribution < -0.4 is 9.64 Å². The lowest BCUT2D eigenvalue weighted by molar-refractivity contribution is -0.138. The Morgan fingerprint density at radius 1 is 1.30 bits per heavy atom. The molecular formula is C20H16F2N2O4S2. The van der Waals surface area contributed by atoms with Gasteiger partial charge < -0.3 is 14.7 Å². The number of anilines is 1. The van der Waals surface area contributed by atoms with Crippen molar-refractivity contribution >= 4 is 50.9 Å². The predicted octanol–water partition coefficient (Wildman–Crippen LogP) is 4.46. The number of aliphatic carboxylic acids is 1. The molecule has 1 N–H and O–H groups in total. The molecular weight excluding hydrogens is 434 g/mol. The molecule has 30 heavy (non-hydrogen) atoms. The number of carboxylic acid groups (broad SMARTS) is 1. The third-order valence-electron chi connectivity index (χ3n) is 4.49. The number of hydrogen-bond acceptors (Lipinski definition) is 6. The number of ether oxygens (including phenoxy) is 1. The Morgan fingerprint density at radius 3 is 2.83 bits per heavy atom. The van der Waals surface area contributed by atoms with E-state index in [4.69, 9.17) is 4.74 Å². The second kappa shape index (κ2) is 8.19. The van der Waals surface area contributed by atoms with Crippen molar-refractivity contribution in [3.63, 3.8) is 0 Å². The number of nitrogens with zero attached hydrogens (tertiary/aromatic N) is 2. The summed E-state index contributed by atoms with van der Waals surface area (Å²) in [6.07, 6.45) is -0.335. The van der Waals surface area contributed by atoms with Gasteiger partial charge in [0.2, 0.25) is 5.91 Å². The van der Waals surface area contributed by atoms with Gasteiger partial charge in [-0.15, -0.1) is 23.1 Å². The number of aromatic nitrogens is 1. The molecule has 1 aliphatic rings. The van der Waals surface area contributed by atoms with E-state index in [9.17, 15) is 23.5 Å². The number of thioether (sulfide) groups is 1. The van der Waals surface area contributed by atoms with Crippen LogP contribution in [0.25, 0.3) is 10.2 Å². The molecule has 2 aromatic carbocycles. The molecule has 1 atom stereocenters. The summed E-state index contributed by atoms with van der Waals surface area (Å²) >= 11 is 2.34. The number of hydrogen-bond donors (Lipinski definition) is 1. The average Bonchev–Trinajstić information content (AvgIpc) is 3.11. The highest BCUT2D eigenvalue weighted by Crippen LogP contribution is 2.43. The number of halogens is 2. The first-order valence-corrected chi connectivity index (χ1v) is 10.8. The quantitative estimate of drug-likeness (QED) is 0.598. The molecule has 0 aliphatic carbocycles. The van der Waals surface area contributed by atoms with Crippen molar-refractivity contribution in [2.45, 2.75) is 30.0 Å². The fraction of sp³-hybridized carbons (Fsp3) is 0.250. The largest absolute Gasteiger partial charge is 0.494 e. The van der Waals surface area contributed by atoms with E-state index in [1.54, 1.807) is 18.2 Å². The van der Waals surface area contributed by atoms with Crippen molar-refractivity contribution in [3.8, 4) is 5.75 Å². The van der Waals surface area contributed by atoms with Crippen LogP contribution in [0.15, 0.2) is 35.2 Å². The normalized spacial score (nSPS) is 16.0. The van der Waals surface area contributed by atoms with Gasteiger partial charge in [0.25, 0.3) is 0 Å². The second-order valence-corrected chi connectivity index (χ2v) is 8.87. The molecule has 1 aromatic heterocycles. The SMILES string of the molecule is CCOc1ccc2c(c1)SC(CC(=O)O)C(=O)N2Cc1nc2c(F)c(F)ccc2s1. The molecule has 3 aromatic rings. The number of carboxylic acids is 1. The first kappa shape index (κ1) is 20.5. The minimum absolute atomic E-state index is 0.0247. The summed E-state index contributed by atoms with van der Waals surface area (Å²) in [7, 11) is 0. The van der Waals surface area contributed by atoms with Crippen LogP contribution in [0, 0.1) is 11.6 Å². The van der Waals surface area contributed by atoms with Crippen molar-refractivity contribution in [2.75, 3.05) is 11.5 Å². The third kappa shape index (κ3) is 3.84. The minimum Gasteiger partial charge on any atom is -0.494 e. The highest BCUT2D eigenvalue weighted by Gasteiger charge is 2.35. The number of fused-ring (bicyclic) bond motifs is 2. The Kier molecular flexibility index (Phi) is 5.61. The maximum atomic E-state index is 14.0. The topological polar surface area (TPSA) is 79.7 Å². The summed E-state index contributed by atoms with van der Waals surface area (Å²) in [6, 6.07) is 7.71. The monoisotopic (exact) mass is 450 g/mol. The van der Waals surface area contributed by atoms with Gasteiger partial charge in [-0.05, 0) is 37.3 Å². The van der Waals surface area contributed by atoms with Crippen molar-refractivity contribution in [2.24, 2.45) is 0 Å². The summed E-state index contributed by atoms with van der Waals surface area (Å²) < 4.78 is 33.5. The molecule has 0 bridgehead atoms. The summed E-state index contributed by atoms with van der Waals surface area (Å²) in [4.78, 5) is 30.6. The molecule has 4 rings (SSSR count). The van der Waals surface area contributed by atoms with E-state index < -0.39 is 22.9 Å². The molecule has 0 fully saturated rings. The first-order chi connectivity index (χ1) is 14.4. The Hall–Kier alpha value is -2.72. The van der Waals surface area contributed by atoms with Crippen LogP contribution in [-0.4, -0.2) is 33.8 Å². The molecule has 10 heteroatoms. The van der Waals surface area contributed by atoms with Crippen molar-refractivity contribution in [3.05, 3.63) is 47.0 Å². The van der Waals surface area contributed by atoms with Crippen molar-refractivity contribution < 1.29 is 28.2 Å². The maximum absolute atomic E-state index is 14.0. The third-order valence-corrected chi connectivity index (χ3v) is 6.73. The Labute approximate surface area is 178 Å². The predicted molar refractivity (Wildman–Crippen MR) is 110 cm³/mol. The zero-order valence-corrected chi connectivity index (χ0v) is 17.4. The van der Waals surface area contributed by atoms with Crippen molar-refractivity contribution in [1.29, 1.82) is 0 Å². The van der Waals surface area contributed by atoms with Gasteiger partial charge >= 0.3 is 5.97 Å². The van der Waals surface area contributed by atoms with E-state index in [2.05, 4.69) is 4.98 Å². The molecule has 1 aliphatic heterocycles. The molecule has 156 valence electrons. The number of carbonyl (C=O) groups excluding carboxylic acids is 1. The van der Waals surface area contributed by atoms with Gasteiger partial charge in [-0.25, -0.2) is 13.8 Å². The van der Waals surface area contributed by atoms with E-state index in [1.165, 1.54) is 22.7 Å². The summed E-state index contributed by atoms with van der Waals surface area (Å²) in [6.45, 7) is 2.35. The summed E-state index contributed by atoms with van der Waals surface area (Å²) in [5.74, 6) is -2.85. The highest BCUT2D eigenvalue weighted by molar-refractivity contribution is 8.01. The maximum Gasteiger partial charge on any atom is 0.305 e. The number of thiazole rings is 1. The molecule has 1 unspecified atom stereocenters. The van der Waals surface area contributed by atoms with E-state index in [0.29, 0.717) is 32.6 Å². The van der Waals surface area contributed by atoms with Crippen LogP contribution in [0.5, 0.6) is 5.75 Å². The number of benzene rings is 2. The van der Waals surface area contributed by atoms with E-state index in [0.717, 1.165) is 17.4 Å². The fourth-order valence-corrected chi connectivity index (χ4v) is 5.40. The van der Waals surface area contributed by atoms with E-state index in [1.807, 2.05) is 6.92 Å². The number of amides is 1. The van der Waals surface area contributed by atoms with Gasteiger partial charge in [0.1, 0.15) is 16.3 Å². The number of rotatable bonds is 6. The molecule has 0 saturated heterocycles. The van der Waals surface area contributed by atoms with Gasteiger partial charge in [0.05, 0.1) is 35.2 Å². The Balaban J connectivity index is 1.72. The van der Waals surface area contributed by atoms with Crippen LogP contribution in [0.2, 0.25) is 0 Å². The fourth-order valence-electron chi connectivity index (χ4n) is 3.20. The molecule has 0 radical (unpaired) electrons. The van der Waals surface area contributed by atoms with Gasteiger partial charge in [0.15, 0.2) is 11.6 Å². The summed E-state index contributed by atoms with van der Waals surface area (Å²) in [5.41, 5.74) is 0.517. The summed E-state index contributed by atoms with van der Waals surface area (Å²) in [5, 5.41) is 8.81. The lowest BCUT2D eigenvalue weighted by Crippen LogP contribution is -2.41. The van der Waals surface area contributed by atoms with Crippen LogP contribution in [0.3, 0.4) is 0 Å². The van der Waals surface area contributed by atoms with Gasteiger partial charge in [-0.1, -0.05) is 0 Å². The van der Waals surface area contributed by atoms with Crippen LogP contribution in [0.1, 0.15) is 18.4 Å². The van der Waals surface area contributed by atoms with Crippen LogP contribution >= 0.6 is 23.1 Å². The Bertz CT molecular complexity index is 1150. The molecule has 0 spiro atoms. The highest BCUT2D eigenvalue weighted by atomic mass is 32.2. The van der Waals surface area contributed by atoms with Gasteiger partial charge in [-0.2, -0.15) is 0 Å². The molecule has 6 nitrogen and oxygen atoms in total. The lowest BCUT2D eigenvalue weighted by Gasteiger charge is -2.33. The van der Waals surface area contributed by atoms with E-state index in [-0.39, 0.29) is 24.4 Å². The van der Waals surface area contributed by atoms with Gasteiger partial charge in [0, 0.05) is 4.90 Å². The minimum atomic E-state index is -1.08. The second-order valence-electron chi connectivity index (χ2n) is 6.51. The van der Waals surface area contributed by atoms with Gasteiger partial charge in [-0.3, -0.25) is 9.59 Å². The molecule has 2 heterocycles. The Morgan fingerprint density at radius 2 is 2.10 bits per heavy atom. The molecule has 0 saturated carbocycles.